The standard InChI is InChI=1S/C25H28N4O3/c1-18-4-7-20(8-5-18)25-26-23(32-27-25)17-28-12-14-29(15-13-28)24(30)11-9-21-16-19(2)6-10-22(21)31-3/h4-11,16H,12-15,17H2,1-3H3/b11-9+. The maximum Gasteiger partial charge on any atom is 0.246 e. The first-order chi connectivity index (χ1) is 15.5. The molecule has 1 amide bonds. The molecule has 0 aliphatic carbocycles. The zero-order valence-corrected chi connectivity index (χ0v) is 18.7. The lowest BCUT2D eigenvalue weighted by molar-refractivity contribution is -0.127. The van der Waals surface area contributed by atoms with Gasteiger partial charge in [0.25, 0.3) is 0 Å². The van der Waals surface area contributed by atoms with Crippen molar-refractivity contribution in [3.8, 4) is 17.1 Å². The number of nitrogens with zero attached hydrogens (tertiary/aromatic N) is 4. The summed E-state index contributed by atoms with van der Waals surface area (Å²) < 4.78 is 10.8. The fraction of sp³-hybridized carbons (Fsp3) is 0.320. The Morgan fingerprint density at radius 2 is 1.78 bits per heavy atom. The number of methoxy groups -OCH3 is 1. The molecule has 1 saturated heterocycles. The minimum atomic E-state index is 0.00709. The average Bonchev–Trinajstić information content (AvgIpc) is 3.27. The summed E-state index contributed by atoms with van der Waals surface area (Å²) >= 11 is 0. The summed E-state index contributed by atoms with van der Waals surface area (Å²) in [4.78, 5) is 21.3. The number of piperazine rings is 1. The van der Waals surface area contributed by atoms with Crippen LogP contribution < -0.4 is 4.74 Å². The van der Waals surface area contributed by atoms with Gasteiger partial charge in [0, 0.05) is 43.4 Å². The molecule has 166 valence electrons. The van der Waals surface area contributed by atoms with Gasteiger partial charge in [-0.15, -0.1) is 0 Å². The summed E-state index contributed by atoms with van der Waals surface area (Å²) in [5, 5.41) is 4.10. The van der Waals surface area contributed by atoms with Crippen molar-refractivity contribution in [2.75, 3.05) is 33.3 Å². The van der Waals surface area contributed by atoms with Crippen LogP contribution in [0.25, 0.3) is 17.5 Å². The summed E-state index contributed by atoms with van der Waals surface area (Å²) in [6, 6.07) is 14.0. The van der Waals surface area contributed by atoms with Crippen molar-refractivity contribution in [1.29, 1.82) is 0 Å². The maximum atomic E-state index is 12.6. The Bertz CT molecular complexity index is 1100. The fourth-order valence-electron chi connectivity index (χ4n) is 3.71. The molecular formula is C25H28N4O3. The van der Waals surface area contributed by atoms with Crippen LogP contribution in [0.2, 0.25) is 0 Å². The lowest BCUT2D eigenvalue weighted by atomic mass is 10.1. The quantitative estimate of drug-likeness (QED) is 0.553. The van der Waals surface area contributed by atoms with Crippen LogP contribution in [-0.2, 0) is 11.3 Å². The third kappa shape index (κ3) is 5.23. The zero-order valence-electron chi connectivity index (χ0n) is 18.7. The lowest BCUT2D eigenvalue weighted by Gasteiger charge is -2.33. The van der Waals surface area contributed by atoms with Crippen LogP contribution in [0.1, 0.15) is 22.6 Å². The van der Waals surface area contributed by atoms with Crippen molar-refractivity contribution in [3.63, 3.8) is 0 Å². The van der Waals surface area contributed by atoms with E-state index in [-0.39, 0.29) is 5.91 Å². The fourth-order valence-corrected chi connectivity index (χ4v) is 3.71. The van der Waals surface area contributed by atoms with Crippen LogP contribution in [0.5, 0.6) is 5.75 Å². The number of aromatic nitrogens is 2. The number of aryl methyl sites for hydroxylation is 2. The first kappa shape index (κ1) is 21.8. The van der Waals surface area contributed by atoms with Gasteiger partial charge in [0.1, 0.15) is 5.75 Å². The molecule has 2 aromatic carbocycles. The van der Waals surface area contributed by atoms with Crippen LogP contribution in [0.3, 0.4) is 0 Å². The van der Waals surface area contributed by atoms with E-state index in [1.165, 1.54) is 5.56 Å². The number of hydrogen-bond donors (Lipinski definition) is 0. The molecule has 4 rings (SSSR count). The Balaban J connectivity index is 1.30. The molecule has 1 aliphatic rings. The highest BCUT2D eigenvalue weighted by molar-refractivity contribution is 5.92. The topological polar surface area (TPSA) is 71.7 Å². The van der Waals surface area contributed by atoms with Crippen LogP contribution in [0, 0.1) is 13.8 Å². The third-order valence-electron chi connectivity index (χ3n) is 5.61. The number of carbonyl (C=O) groups is 1. The Hall–Kier alpha value is -3.45. The van der Waals surface area contributed by atoms with Gasteiger partial charge in [-0.1, -0.05) is 46.6 Å². The van der Waals surface area contributed by atoms with Gasteiger partial charge in [0.15, 0.2) is 0 Å². The van der Waals surface area contributed by atoms with Gasteiger partial charge < -0.3 is 14.2 Å². The Labute approximate surface area is 188 Å². The molecule has 7 heteroatoms. The molecule has 0 bridgehead atoms. The van der Waals surface area contributed by atoms with Crippen molar-refractivity contribution in [2.45, 2.75) is 20.4 Å². The van der Waals surface area contributed by atoms with E-state index in [4.69, 9.17) is 9.26 Å². The largest absolute Gasteiger partial charge is 0.496 e. The number of amides is 1. The average molecular weight is 433 g/mol. The first-order valence-electron chi connectivity index (χ1n) is 10.8. The molecule has 0 radical (unpaired) electrons. The smallest absolute Gasteiger partial charge is 0.246 e. The Kier molecular flexibility index (Phi) is 6.66. The van der Waals surface area contributed by atoms with Crippen molar-refractivity contribution in [1.82, 2.24) is 19.9 Å². The highest BCUT2D eigenvalue weighted by Crippen LogP contribution is 2.21. The number of benzene rings is 2. The van der Waals surface area contributed by atoms with E-state index in [1.54, 1.807) is 13.2 Å². The summed E-state index contributed by atoms with van der Waals surface area (Å²) in [5.74, 6) is 1.96. The van der Waals surface area contributed by atoms with E-state index < -0.39 is 0 Å². The van der Waals surface area contributed by atoms with Gasteiger partial charge in [-0.05, 0) is 32.1 Å². The number of carbonyl (C=O) groups excluding carboxylic acids is 1. The van der Waals surface area contributed by atoms with Gasteiger partial charge in [-0.2, -0.15) is 4.98 Å². The number of ether oxygens (including phenoxy) is 1. The van der Waals surface area contributed by atoms with E-state index in [2.05, 4.69) is 15.0 Å². The summed E-state index contributed by atoms with van der Waals surface area (Å²) in [6.07, 6.45) is 3.45. The highest BCUT2D eigenvalue weighted by atomic mass is 16.5. The Morgan fingerprint density at radius 1 is 1.06 bits per heavy atom. The molecule has 32 heavy (non-hydrogen) atoms. The monoisotopic (exact) mass is 432 g/mol. The zero-order chi connectivity index (χ0) is 22.5. The van der Waals surface area contributed by atoms with Gasteiger partial charge in [0.05, 0.1) is 13.7 Å². The van der Waals surface area contributed by atoms with E-state index in [0.29, 0.717) is 31.3 Å². The van der Waals surface area contributed by atoms with Crippen LogP contribution in [0.4, 0.5) is 0 Å². The predicted molar refractivity (Wildman–Crippen MR) is 123 cm³/mol. The molecule has 1 aliphatic heterocycles. The van der Waals surface area contributed by atoms with Crippen LogP contribution in [0.15, 0.2) is 53.1 Å². The normalized spacial score (nSPS) is 14.8. The third-order valence-corrected chi connectivity index (χ3v) is 5.61. The van der Waals surface area contributed by atoms with E-state index in [9.17, 15) is 4.79 Å². The minimum Gasteiger partial charge on any atom is -0.496 e. The van der Waals surface area contributed by atoms with Crippen LogP contribution in [-0.4, -0.2) is 59.1 Å². The van der Waals surface area contributed by atoms with Gasteiger partial charge in [-0.25, -0.2) is 0 Å². The predicted octanol–water partition coefficient (Wildman–Crippen LogP) is 3.72. The van der Waals surface area contributed by atoms with Gasteiger partial charge in [0.2, 0.25) is 17.6 Å². The first-order valence-corrected chi connectivity index (χ1v) is 10.8. The lowest BCUT2D eigenvalue weighted by Crippen LogP contribution is -2.47. The Morgan fingerprint density at radius 3 is 2.50 bits per heavy atom. The maximum absolute atomic E-state index is 12.6. The second-order valence-corrected chi connectivity index (χ2v) is 8.06. The van der Waals surface area contributed by atoms with Crippen molar-refractivity contribution >= 4 is 12.0 Å². The van der Waals surface area contributed by atoms with Crippen LogP contribution >= 0.6 is 0 Å². The molecule has 2 heterocycles. The molecule has 1 aromatic heterocycles. The molecule has 1 fully saturated rings. The number of hydrogen-bond acceptors (Lipinski definition) is 6. The SMILES string of the molecule is COc1ccc(C)cc1/C=C/C(=O)N1CCN(Cc2nc(-c3ccc(C)cc3)no2)CC1. The molecule has 0 unspecified atom stereocenters. The van der Waals surface area contributed by atoms with Crippen molar-refractivity contribution in [3.05, 3.63) is 71.1 Å². The molecule has 0 N–H and O–H groups in total. The highest BCUT2D eigenvalue weighted by Gasteiger charge is 2.21. The summed E-state index contributed by atoms with van der Waals surface area (Å²) in [7, 11) is 1.64. The molecule has 7 nitrogen and oxygen atoms in total. The van der Waals surface area contributed by atoms with E-state index >= 15 is 0 Å². The van der Waals surface area contributed by atoms with Gasteiger partial charge in [-0.3, -0.25) is 9.69 Å². The van der Waals surface area contributed by atoms with Gasteiger partial charge >= 0.3 is 0 Å². The van der Waals surface area contributed by atoms with Crippen molar-refractivity contribution in [2.24, 2.45) is 0 Å². The number of rotatable bonds is 6. The second-order valence-electron chi connectivity index (χ2n) is 8.06. The van der Waals surface area contributed by atoms with E-state index in [1.807, 2.05) is 67.3 Å². The molecule has 0 saturated carbocycles. The minimum absolute atomic E-state index is 0.00709. The molecule has 3 aromatic rings. The molecular weight excluding hydrogens is 404 g/mol. The van der Waals surface area contributed by atoms with Crippen molar-refractivity contribution < 1.29 is 14.1 Å². The van der Waals surface area contributed by atoms with E-state index in [0.717, 1.165) is 35.5 Å². The summed E-state index contributed by atoms with van der Waals surface area (Å²) in [6.45, 7) is 7.48. The molecule has 0 atom stereocenters. The molecule has 0 spiro atoms. The second kappa shape index (κ2) is 9.78. The summed E-state index contributed by atoms with van der Waals surface area (Å²) in [5.41, 5.74) is 4.16.